The molecule has 1 amide bonds. The molecular weight excluding hydrogens is 352 g/mol. The van der Waals surface area contributed by atoms with E-state index in [9.17, 15) is 14.7 Å². The highest BCUT2D eigenvalue weighted by molar-refractivity contribution is 5.96. The van der Waals surface area contributed by atoms with E-state index in [4.69, 9.17) is 0 Å². The van der Waals surface area contributed by atoms with Gasteiger partial charge in [0.15, 0.2) is 0 Å². The minimum atomic E-state index is -0.958. The van der Waals surface area contributed by atoms with Gasteiger partial charge in [0, 0.05) is 0 Å². The van der Waals surface area contributed by atoms with Crippen LogP contribution in [-0.4, -0.2) is 30.1 Å². The third-order valence-corrected chi connectivity index (χ3v) is 4.94. The topological polar surface area (TPSA) is 78.4 Å². The Morgan fingerprint density at radius 1 is 0.964 bits per heavy atom. The van der Waals surface area contributed by atoms with E-state index >= 15 is 0 Å². The maximum Gasteiger partial charge on any atom is 0.305 e. The SMILES string of the molecule is CN[C@@H](C)C(=O)NC(CC(=O)O)c1ccc(-c2cccc3ccccc23)cc1. The highest BCUT2D eigenvalue weighted by atomic mass is 16.4. The number of carbonyl (C=O) groups is 2. The summed E-state index contributed by atoms with van der Waals surface area (Å²) in [5, 5.41) is 17.3. The standard InChI is InChI=1S/C23H24N2O3/c1-15(24-2)23(28)25-21(14-22(26)27)18-12-10-17(11-13-18)20-9-5-7-16-6-3-4-8-19(16)20/h3-13,15,21,24H,14H2,1-2H3,(H,25,28)(H,26,27)/t15-,21?/m0/s1. The number of aliphatic carboxylic acids is 1. The van der Waals surface area contributed by atoms with Gasteiger partial charge in [-0.3, -0.25) is 9.59 Å². The molecule has 0 saturated heterocycles. The highest BCUT2D eigenvalue weighted by Gasteiger charge is 2.20. The number of fused-ring (bicyclic) bond motifs is 1. The van der Waals surface area contributed by atoms with E-state index in [1.807, 2.05) is 42.5 Å². The smallest absolute Gasteiger partial charge is 0.305 e. The lowest BCUT2D eigenvalue weighted by Gasteiger charge is -2.20. The van der Waals surface area contributed by atoms with Crippen LogP contribution < -0.4 is 10.6 Å². The van der Waals surface area contributed by atoms with Crippen molar-refractivity contribution in [1.29, 1.82) is 0 Å². The summed E-state index contributed by atoms with van der Waals surface area (Å²) in [7, 11) is 1.69. The first-order valence-corrected chi connectivity index (χ1v) is 9.27. The molecule has 0 fully saturated rings. The lowest BCUT2D eigenvalue weighted by atomic mass is 9.95. The van der Waals surface area contributed by atoms with Crippen molar-refractivity contribution in [3.05, 3.63) is 72.3 Å². The fourth-order valence-electron chi connectivity index (χ4n) is 3.23. The molecule has 3 rings (SSSR count). The molecule has 2 atom stereocenters. The van der Waals surface area contributed by atoms with E-state index in [1.54, 1.807) is 14.0 Å². The molecule has 144 valence electrons. The van der Waals surface area contributed by atoms with Crippen molar-refractivity contribution in [2.45, 2.75) is 25.4 Å². The van der Waals surface area contributed by atoms with E-state index in [0.29, 0.717) is 0 Å². The first-order valence-electron chi connectivity index (χ1n) is 9.27. The molecule has 3 N–H and O–H groups in total. The number of carboxylic acid groups (broad SMARTS) is 1. The molecule has 3 aromatic rings. The van der Waals surface area contributed by atoms with Crippen LogP contribution in [0.4, 0.5) is 0 Å². The summed E-state index contributed by atoms with van der Waals surface area (Å²) in [5.41, 5.74) is 2.93. The Hall–Kier alpha value is -3.18. The van der Waals surface area contributed by atoms with Crippen LogP contribution in [0, 0.1) is 0 Å². The minimum Gasteiger partial charge on any atom is -0.481 e. The molecule has 0 spiro atoms. The Morgan fingerprint density at radius 2 is 1.64 bits per heavy atom. The second-order valence-electron chi connectivity index (χ2n) is 6.82. The number of hydrogen-bond donors (Lipinski definition) is 3. The molecule has 0 heterocycles. The average Bonchev–Trinajstić information content (AvgIpc) is 2.72. The number of nitrogens with one attached hydrogen (secondary N) is 2. The molecule has 0 aliphatic carbocycles. The zero-order chi connectivity index (χ0) is 20.1. The Kier molecular flexibility index (Phi) is 6.06. The lowest BCUT2D eigenvalue weighted by Crippen LogP contribution is -2.42. The maximum absolute atomic E-state index is 12.2. The summed E-state index contributed by atoms with van der Waals surface area (Å²) in [6.45, 7) is 1.73. The van der Waals surface area contributed by atoms with E-state index in [1.165, 1.54) is 5.39 Å². The summed E-state index contributed by atoms with van der Waals surface area (Å²) in [5.74, 6) is -1.19. The van der Waals surface area contributed by atoms with E-state index in [0.717, 1.165) is 22.1 Å². The molecule has 5 heteroatoms. The molecule has 0 bridgehead atoms. The average molecular weight is 376 g/mol. The number of rotatable bonds is 7. The Labute approximate surface area is 164 Å². The summed E-state index contributed by atoms with van der Waals surface area (Å²) in [6, 6.07) is 21.1. The molecule has 3 aromatic carbocycles. The van der Waals surface area contributed by atoms with Crippen molar-refractivity contribution in [2.75, 3.05) is 7.05 Å². The van der Waals surface area contributed by atoms with Gasteiger partial charge in [0.2, 0.25) is 5.91 Å². The molecule has 0 aliphatic rings. The van der Waals surface area contributed by atoms with Gasteiger partial charge < -0.3 is 15.7 Å². The van der Waals surface area contributed by atoms with Crippen LogP contribution in [0.3, 0.4) is 0 Å². The fraction of sp³-hybridized carbons (Fsp3) is 0.217. The predicted octanol–water partition coefficient (Wildman–Crippen LogP) is 3.75. The van der Waals surface area contributed by atoms with Crippen LogP contribution >= 0.6 is 0 Å². The first-order chi connectivity index (χ1) is 13.5. The van der Waals surface area contributed by atoms with Crippen LogP contribution in [0.25, 0.3) is 21.9 Å². The predicted molar refractivity (Wildman–Crippen MR) is 111 cm³/mol. The number of likely N-dealkylation sites (N-methyl/N-ethyl adjacent to an activating group) is 1. The molecule has 28 heavy (non-hydrogen) atoms. The number of carboxylic acids is 1. The van der Waals surface area contributed by atoms with Gasteiger partial charge >= 0.3 is 5.97 Å². The Morgan fingerprint density at radius 3 is 2.32 bits per heavy atom. The molecule has 0 aliphatic heterocycles. The van der Waals surface area contributed by atoms with Crippen molar-refractivity contribution in [1.82, 2.24) is 10.6 Å². The fourth-order valence-corrected chi connectivity index (χ4v) is 3.23. The lowest BCUT2D eigenvalue weighted by molar-refractivity contribution is -0.137. The molecule has 0 saturated carbocycles. The van der Waals surface area contributed by atoms with Crippen LogP contribution in [0.2, 0.25) is 0 Å². The van der Waals surface area contributed by atoms with E-state index in [-0.39, 0.29) is 12.3 Å². The summed E-state index contributed by atoms with van der Waals surface area (Å²) in [4.78, 5) is 23.5. The number of carbonyl (C=O) groups excluding carboxylic acids is 1. The minimum absolute atomic E-state index is 0.171. The van der Waals surface area contributed by atoms with Crippen LogP contribution in [0.1, 0.15) is 24.9 Å². The van der Waals surface area contributed by atoms with Gasteiger partial charge in [0.25, 0.3) is 0 Å². The zero-order valence-corrected chi connectivity index (χ0v) is 16.0. The third kappa shape index (κ3) is 4.38. The number of amides is 1. The maximum atomic E-state index is 12.2. The number of benzene rings is 3. The van der Waals surface area contributed by atoms with Gasteiger partial charge in [-0.15, -0.1) is 0 Å². The van der Waals surface area contributed by atoms with Crippen LogP contribution in [0.5, 0.6) is 0 Å². The largest absolute Gasteiger partial charge is 0.481 e. The van der Waals surface area contributed by atoms with Gasteiger partial charge in [-0.2, -0.15) is 0 Å². The van der Waals surface area contributed by atoms with Gasteiger partial charge in [-0.1, -0.05) is 66.7 Å². The molecule has 5 nitrogen and oxygen atoms in total. The van der Waals surface area contributed by atoms with Crippen molar-refractivity contribution >= 4 is 22.6 Å². The Bertz CT molecular complexity index is 977. The zero-order valence-electron chi connectivity index (χ0n) is 16.0. The summed E-state index contributed by atoms with van der Waals surface area (Å²) >= 11 is 0. The molecule has 0 radical (unpaired) electrons. The molecule has 1 unspecified atom stereocenters. The Balaban J connectivity index is 1.90. The normalized spacial score (nSPS) is 13.1. The summed E-state index contributed by atoms with van der Waals surface area (Å²) < 4.78 is 0. The van der Waals surface area contributed by atoms with Crippen molar-refractivity contribution in [2.24, 2.45) is 0 Å². The first kappa shape index (κ1) is 19.6. The van der Waals surface area contributed by atoms with Gasteiger partial charge in [-0.25, -0.2) is 0 Å². The van der Waals surface area contributed by atoms with Gasteiger partial charge in [-0.05, 0) is 41.4 Å². The second-order valence-corrected chi connectivity index (χ2v) is 6.82. The number of hydrogen-bond acceptors (Lipinski definition) is 3. The quantitative estimate of drug-likeness (QED) is 0.587. The van der Waals surface area contributed by atoms with Crippen molar-refractivity contribution < 1.29 is 14.7 Å². The molecular formula is C23H24N2O3. The third-order valence-electron chi connectivity index (χ3n) is 4.94. The van der Waals surface area contributed by atoms with Crippen molar-refractivity contribution in [3.8, 4) is 11.1 Å². The molecule has 0 aromatic heterocycles. The highest BCUT2D eigenvalue weighted by Crippen LogP contribution is 2.29. The van der Waals surface area contributed by atoms with Crippen LogP contribution in [0.15, 0.2) is 66.7 Å². The van der Waals surface area contributed by atoms with Gasteiger partial charge in [0.05, 0.1) is 18.5 Å². The second kappa shape index (κ2) is 8.67. The van der Waals surface area contributed by atoms with Crippen LogP contribution in [-0.2, 0) is 9.59 Å². The van der Waals surface area contributed by atoms with E-state index < -0.39 is 18.1 Å². The van der Waals surface area contributed by atoms with Crippen molar-refractivity contribution in [3.63, 3.8) is 0 Å². The summed E-state index contributed by atoms with van der Waals surface area (Å²) in [6.07, 6.45) is -0.171. The monoisotopic (exact) mass is 376 g/mol. The van der Waals surface area contributed by atoms with E-state index in [2.05, 4.69) is 34.9 Å². The van der Waals surface area contributed by atoms with Gasteiger partial charge in [0.1, 0.15) is 0 Å².